The maximum absolute atomic E-state index is 13.3. The quantitative estimate of drug-likeness (QED) is 0.342. The van der Waals surface area contributed by atoms with Gasteiger partial charge in [0.1, 0.15) is 11.5 Å². The molecule has 0 bridgehead atoms. The second-order valence-corrected chi connectivity index (χ2v) is 4.51. The predicted octanol–water partition coefficient (Wildman–Crippen LogP) is 3.50. The molecule has 0 aliphatic heterocycles. The molecule has 0 amide bonds. The summed E-state index contributed by atoms with van der Waals surface area (Å²) in [7, 11) is 0. The number of nitrogens with one attached hydrogen (secondary N) is 1. The zero-order chi connectivity index (χ0) is 14.3. The topological polar surface area (TPSA) is 64.4 Å². The van der Waals surface area contributed by atoms with Crippen LogP contribution in [0.15, 0.2) is 29.3 Å². The van der Waals surface area contributed by atoms with Gasteiger partial charge in [0.05, 0.1) is 22.6 Å². The highest BCUT2D eigenvalue weighted by molar-refractivity contribution is 9.10. The third-order valence-electron chi connectivity index (χ3n) is 2.26. The molecule has 0 radical (unpaired) electrons. The van der Waals surface area contributed by atoms with Gasteiger partial charge in [-0.3, -0.25) is 10.1 Å². The van der Waals surface area contributed by atoms with Gasteiger partial charge in [0.25, 0.3) is 5.69 Å². The molecule has 0 aliphatic carbocycles. The second kappa shape index (κ2) is 7.85. The minimum Gasteiger partial charge on any atom is -0.379 e. The SMILES string of the molecule is C=CCCOCCNc1cc(F)c(Br)cc1[N+](=O)[O-]. The van der Waals surface area contributed by atoms with Crippen LogP contribution >= 0.6 is 15.9 Å². The minimum absolute atomic E-state index is 0.0620. The van der Waals surface area contributed by atoms with Crippen LogP contribution in [0.25, 0.3) is 0 Å². The Kier molecular flexibility index (Phi) is 6.44. The van der Waals surface area contributed by atoms with Crippen molar-refractivity contribution >= 4 is 27.3 Å². The van der Waals surface area contributed by atoms with Crippen molar-refractivity contribution in [3.8, 4) is 0 Å². The van der Waals surface area contributed by atoms with Gasteiger partial charge in [0.2, 0.25) is 0 Å². The fraction of sp³-hybridized carbons (Fsp3) is 0.333. The number of nitro groups is 1. The van der Waals surface area contributed by atoms with Crippen molar-refractivity contribution in [2.75, 3.05) is 25.1 Å². The molecule has 104 valence electrons. The van der Waals surface area contributed by atoms with Gasteiger partial charge in [-0.1, -0.05) is 6.08 Å². The third kappa shape index (κ3) is 4.96. The first kappa shape index (κ1) is 15.6. The smallest absolute Gasteiger partial charge is 0.293 e. The van der Waals surface area contributed by atoms with Crippen LogP contribution in [0.5, 0.6) is 0 Å². The molecule has 0 unspecified atom stereocenters. The van der Waals surface area contributed by atoms with E-state index in [0.717, 1.165) is 18.6 Å². The number of nitro benzene ring substituents is 1. The van der Waals surface area contributed by atoms with E-state index in [4.69, 9.17) is 4.74 Å². The molecule has 19 heavy (non-hydrogen) atoms. The summed E-state index contributed by atoms with van der Waals surface area (Å²) in [5, 5.41) is 13.6. The van der Waals surface area contributed by atoms with Crippen molar-refractivity contribution in [1.29, 1.82) is 0 Å². The number of halogens is 2. The Morgan fingerprint density at radius 2 is 2.26 bits per heavy atom. The summed E-state index contributed by atoms with van der Waals surface area (Å²) >= 11 is 2.92. The van der Waals surface area contributed by atoms with Crippen LogP contribution in [0.4, 0.5) is 15.8 Å². The summed E-state index contributed by atoms with van der Waals surface area (Å²) in [4.78, 5) is 10.3. The fourth-order valence-corrected chi connectivity index (χ4v) is 1.69. The molecule has 5 nitrogen and oxygen atoms in total. The zero-order valence-corrected chi connectivity index (χ0v) is 11.8. The average molecular weight is 333 g/mol. The summed E-state index contributed by atoms with van der Waals surface area (Å²) in [5.74, 6) is -0.555. The normalized spacial score (nSPS) is 10.2. The Balaban J connectivity index is 2.59. The number of rotatable bonds is 8. The Morgan fingerprint density at radius 1 is 1.53 bits per heavy atom. The number of anilines is 1. The first-order valence-corrected chi connectivity index (χ1v) is 6.41. The van der Waals surface area contributed by atoms with Crippen molar-refractivity contribution in [1.82, 2.24) is 0 Å². The van der Waals surface area contributed by atoms with Crippen molar-refractivity contribution < 1.29 is 14.1 Å². The van der Waals surface area contributed by atoms with Crippen LogP contribution < -0.4 is 5.32 Å². The van der Waals surface area contributed by atoms with Crippen LogP contribution in [-0.4, -0.2) is 24.7 Å². The van der Waals surface area contributed by atoms with Crippen molar-refractivity contribution in [2.24, 2.45) is 0 Å². The summed E-state index contributed by atoms with van der Waals surface area (Å²) in [6, 6.07) is 2.22. The third-order valence-corrected chi connectivity index (χ3v) is 2.87. The van der Waals surface area contributed by atoms with E-state index >= 15 is 0 Å². The molecule has 1 rings (SSSR count). The first-order valence-electron chi connectivity index (χ1n) is 5.62. The van der Waals surface area contributed by atoms with E-state index in [0.29, 0.717) is 19.8 Å². The lowest BCUT2D eigenvalue weighted by atomic mass is 10.2. The lowest BCUT2D eigenvalue weighted by Gasteiger charge is -2.08. The largest absolute Gasteiger partial charge is 0.379 e. The van der Waals surface area contributed by atoms with Gasteiger partial charge in [-0.05, 0) is 22.4 Å². The molecule has 0 aliphatic rings. The van der Waals surface area contributed by atoms with Gasteiger partial charge in [0.15, 0.2) is 0 Å². The molecule has 7 heteroatoms. The standard InChI is InChI=1S/C12H14BrFN2O3/c1-2-3-5-19-6-4-15-11-8-10(14)9(13)7-12(11)16(17)18/h2,7-8,15H,1,3-6H2. The first-order chi connectivity index (χ1) is 9.06. The maximum atomic E-state index is 13.3. The highest BCUT2D eigenvalue weighted by Gasteiger charge is 2.17. The Bertz CT molecular complexity index is 469. The van der Waals surface area contributed by atoms with Crippen LogP contribution in [0.3, 0.4) is 0 Å². The van der Waals surface area contributed by atoms with Crippen molar-refractivity contribution in [3.05, 3.63) is 45.2 Å². The van der Waals surface area contributed by atoms with Gasteiger partial charge >= 0.3 is 0 Å². The number of benzene rings is 1. The Labute approximate surface area is 118 Å². The van der Waals surface area contributed by atoms with Crippen molar-refractivity contribution in [3.63, 3.8) is 0 Å². The van der Waals surface area contributed by atoms with Gasteiger partial charge in [-0.2, -0.15) is 0 Å². The van der Waals surface area contributed by atoms with E-state index in [1.165, 1.54) is 0 Å². The number of nitrogens with zero attached hydrogens (tertiary/aromatic N) is 1. The summed E-state index contributed by atoms with van der Waals surface area (Å²) in [6.45, 7) is 4.84. The van der Waals surface area contributed by atoms with Crippen molar-refractivity contribution in [2.45, 2.75) is 6.42 Å². The monoisotopic (exact) mass is 332 g/mol. The van der Waals surface area contributed by atoms with Gasteiger partial charge in [-0.25, -0.2) is 4.39 Å². The maximum Gasteiger partial charge on any atom is 0.293 e. The number of hydrogen-bond donors (Lipinski definition) is 1. The van der Waals surface area contributed by atoms with E-state index < -0.39 is 10.7 Å². The van der Waals surface area contributed by atoms with E-state index in [2.05, 4.69) is 27.8 Å². The highest BCUT2D eigenvalue weighted by atomic mass is 79.9. The summed E-state index contributed by atoms with van der Waals surface area (Å²) in [6.07, 6.45) is 2.48. The van der Waals surface area contributed by atoms with Gasteiger partial charge < -0.3 is 10.1 Å². The predicted molar refractivity (Wildman–Crippen MR) is 74.9 cm³/mol. The molecule has 0 heterocycles. The molecule has 0 aromatic heterocycles. The summed E-state index contributed by atoms with van der Waals surface area (Å²) < 4.78 is 18.7. The van der Waals surface area contributed by atoms with E-state index in [-0.39, 0.29) is 15.8 Å². The molecule has 0 atom stereocenters. The number of ether oxygens (including phenoxy) is 1. The Hall–Kier alpha value is -1.47. The van der Waals surface area contributed by atoms with E-state index in [9.17, 15) is 14.5 Å². The molecule has 0 spiro atoms. The molecular weight excluding hydrogens is 319 g/mol. The molecule has 1 aromatic carbocycles. The lowest BCUT2D eigenvalue weighted by Crippen LogP contribution is -2.11. The van der Waals surface area contributed by atoms with E-state index in [1.807, 2.05) is 0 Å². The van der Waals surface area contributed by atoms with Crippen LogP contribution in [0, 0.1) is 15.9 Å². The molecular formula is C12H14BrFN2O3. The molecule has 0 fully saturated rings. The van der Waals surface area contributed by atoms with Crippen LogP contribution in [0.2, 0.25) is 0 Å². The Morgan fingerprint density at radius 3 is 2.89 bits per heavy atom. The average Bonchev–Trinajstić information content (AvgIpc) is 2.37. The molecule has 0 saturated carbocycles. The fourth-order valence-electron chi connectivity index (χ4n) is 1.36. The second-order valence-electron chi connectivity index (χ2n) is 3.66. The van der Waals surface area contributed by atoms with Crippen LogP contribution in [-0.2, 0) is 4.74 Å². The zero-order valence-electron chi connectivity index (χ0n) is 10.2. The summed E-state index contributed by atoms with van der Waals surface area (Å²) in [5.41, 5.74) is -0.0441. The molecule has 0 saturated heterocycles. The minimum atomic E-state index is -0.564. The number of hydrogen-bond acceptors (Lipinski definition) is 4. The van der Waals surface area contributed by atoms with E-state index in [1.54, 1.807) is 6.08 Å². The lowest BCUT2D eigenvalue weighted by molar-refractivity contribution is -0.384. The van der Waals surface area contributed by atoms with Gasteiger partial charge in [-0.15, -0.1) is 6.58 Å². The van der Waals surface area contributed by atoms with Gasteiger partial charge in [0, 0.05) is 18.7 Å². The van der Waals surface area contributed by atoms with Crippen LogP contribution in [0.1, 0.15) is 6.42 Å². The molecule has 1 aromatic rings. The molecule has 1 N–H and O–H groups in total. The highest BCUT2D eigenvalue weighted by Crippen LogP contribution is 2.30.